The lowest BCUT2D eigenvalue weighted by Gasteiger charge is -2.17. The number of nitrogens with one attached hydrogen (secondary N) is 1. The quantitative estimate of drug-likeness (QED) is 0.650. The van der Waals surface area contributed by atoms with E-state index in [-0.39, 0.29) is 11.7 Å². The van der Waals surface area contributed by atoms with Crippen molar-refractivity contribution in [1.29, 1.82) is 0 Å². The molecule has 0 fully saturated rings. The van der Waals surface area contributed by atoms with Crippen LogP contribution in [0, 0.1) is 0 Å². The highest BCUT2D eigenvalue weighted by molar-refractivity contribution is 8.00. The SMILES string of the molecule is CC(Sc1ccccc1C(=O)NC(C)c1cccc(OC(F)F)c1)C(=O)O. The largest absolute Gasteiger partial charge is 0.480 e. The highest BCUT2D eigenvalue weighted by Crippen LogP contribution is 2.28. The Morgan fingerprint density at radius 2 is 1.81 bits per heavy atom. The van der Waals surface area contributed by atoms with Gasteiger partial charge in [-0.15, -0.1) is 11.8 Å². The minimum atomic E-state index is -2.93. The number of thioether (sulfide) groups is 1. The number of amides is 1. The first kappa shape index (κ1) is 20.7. The number of alkyl halides is 2. The van der Waals surface area contributed by atoms with E-state index in [4.69, 9.17) is 5.11 Å². The van der Waals surface area contributed by atoms with Gasteiger partial charge in [0.05, 0.1) is 11.6 Å². The van der Waals surface area contributed by atoms with Crippen LogP contribution in [0.2, 0.25) is 0 Å². The molecule has 2 atom stereocenters. The van der Waals surface area contributed by atoms with E-state index in [2.05, 4.69) is 10.1 Å². The van der Waals surface area contributed by atoms with E-state index >= 15 is 0 Å². The molecule has 2 aromatic carbocycles. The number of ether oxygens (including phenoxy) is 1. The normalized spacial score (nSPS) is 13.1. The Kier molecular flexibility index (Phi) is 7.18. The summed E-state index contributed by atoms with van der Waals surface area (Å²) in [6, 6.07) is 12.3. The molecule has 1 amide bonds. The molecule has 0 aliphatic heterocycles. The summed E-state index contributed by atoms with van der Waals surface area (Å²) in [6.07, 6.45) is 0. The zero-order valence-electron chi connectivity index (χ0n) is 14.7. The third-order valence-corrected chi connectivity index (χ3v) is 4.88. The summed E-state index contributed by atoms with van der Waals surface area (Å²) in [5.74, 6) is -1.35. The summed E-state index contributed by atoms with van der Waals surface area (Å²) in [7, 11) is 0. The van der Waals surface area contributed by atoms with Crippen LogP contribution in [0.15, 0.2) is 53.4 Å². The smallest absolute Gasteiger partial charge is 0.387 e. The molecule has 0 saturated carbocycles. The molecule has 2 rings (SSSR count). The van der Waals surface area contributed by atoms with Crippen molar-refractivity contribution in [2.75, 3.05) is 0 Å². The second-order valence-electron chi connectivity index (χ2n) is 5.74. The van der Waals surface area contributed by atoms with Crippen molar-refractivity contribution in [3.63, 3.8) is 0 Å². The van der Waals surface area contributed by atoms with Crippen LogP contribution in [-0.4, -0.2) is 28.8 Å². The minimum Gasteiger partial charge on any atom is -0.480 e. The van der Waals surface area contributed by atoms with Crippen molar-refractivity contribution in [2.45, 2.75) is 36.6 Å². The molecule has 0 radical (unpaired) electrons. The lowest BCUT2D eigenvalue weighted by molar-refractivity contribution is -0.136. The number of hydrogen-bond donors (Lipinski definition) is 2. The molecule has 2 N–H and O–H groups in total. The first-order chi connectivity index (χ1) is 12.8. The fourth-order valence-corrected chi connectivity index (χ4v) is 3.24. The van der Waals surface area contributed by atoms with Gasteiger partial charge in [-0.25, -0.2) is 0 Å². The Hall–Kier alpha value is -2.61. The van der Waals surface area contributed by atoms with Gasteiger partial charge < -0.3 is 15.2 Å². The van der Waals surface area contributed by atoms with Crippen LogP contribution in [0.25, 0.3) is 0 Å². The molecule has 5 nitrogen and oxygen atoms in total. The Labute approximate surface area is 159 Å². The summed E-state index contributed by atoms with van der Waals surface area (Å²) in [6.45, 7) is 0.332. The molecule has 0 bridgehead atoms. The van der Waals surface area contributed by atoms with Crippen LogP contribution in [0.5, 0.6) is 5.75 Å². The third kappa shape index (κ3) is 5.96. The average Bonchev–Trinajstić information content (AvgIpc) is 2.61. The van der Waals surface area contributed by atoms with Crippen LogP contribution in [-0.2, 0) is 4.79 Å². The number of aliphatic carboxylic acids is 1. The van der Waals surface area contributed by atoms with E-state index in [0.717, 1.165) is 11.8 Å². The van der Waals surface area contributed by atoms with E-state index in [1.165, 1.54) is 12.1 Å². The first-order valence-corrected chi connectivity index (χ1v) is 9.00. The molecule has 2 aromatic rings. The topological polar surface area (TPSA) is 75.6 Å². The maximum atomic E-state index is 12.6. The van der Waals surface area contributed by atoms with E-state index in [0.29, 0.717) is 16.0 Å². The molecule has 27 heavy (non-hydrogen) atoms. The van der Waals surface area contributed by atoms with Crippen LogP contribution in [0.1, 0.15) is 35.8 Å². The summed E-state index contributed by atoms with van der Waals surface area (Å²) in [5, 5.41) is 11.2. The Morgan fingerprint density at radius 1 is 1.11 bits per heavy atom. The average molecular weight is 395 g/mol. The number of carboxylic acids is 1. The number of hydrogen-bond acceptors (Lipinski definition) is 4. The van der Waals surface area contributed by atoms with Crippen molar-refractivity contribution in [2.24, 2.45) is 0 Å². The summed E-state index contributed by atoms with van der Waals surface area (Å²) in [4.78, 5) is 24.3. The fourth-order valence-electron chi connectivity index (χ4n) is 2.32. The number of carboxylic acid groups (broad SMARTS) is 1. The third-order valence-electron chi connectivity index (χ3n) is 3.71. The second kappa shape index (κ2) is 9.36. The highest BCUT2D eigenvalue weighted by atomic mass is 32.2. The van der Waals surface area contributed by atoms with Crippen LogP contribution in [0.3, 0.4) is 0 Å². The zero-order valence-corrected chi connectivity index (χ0v) is 15.5. The standard InChI is InChI=1S/C19H19F2NO4S/c1-11(13-6-5-7-14(10-13)26-19(20)21)22-17(23)15-8-3-4-9-16(15)27-12(2)18(24)25/h3-12,19H,1-2H3,(H,22,23)(H,24,25). The van der Waals surface area contributed by atoms with Gasteiger partial charge in [-0.2, -0.15) is 8.78 Å². The summed E-state index contributed by atoms with van der Waals surface area (Å²) < 4.78 is 29.1. The zero-order chi connectivity index (χ0) is 20.0. The predicted octanol–water partition coefficient (Wildman–Crippen LogP) is 4.34. The van der Waals surface area contributed by atoms with Gasteiger partial charge in [0.1, 0.15) is 11.0 Å². The Bertz CT molecular complexity index is 816. The molecule has 0 aliphatic rings. The van der Waals surface area contributed by atoms with E-state index in [1.54, 1.807) is 50.2 Å². The number of benzene rings is 2. The van der Waals surface area contributed by atoms with Gasteiger partial charge in [0.2, 0.25) is 0 Å². The highest BCUT2D eigenvalue weighted by Gasteiger charge is 2.19. The first-order valence-electron chi connectivity index (χ1n) is 8.12. The van der Waals surface area contributed by atoms with Crippen molar-refractivity contribution >= 4 is 23.6 Å². The maximum Gasteiger partial charge on any atom is 0.387 e. The lowest BCUT2D eigenvalue weighted by Crippen LogP contribution is -2.27. The molecule has 0 heterocycles. The molecular formula is C19H19F2NO4S. The molecule has 0 saturated heterocycles. The van der Waals surface area contributed by atoms with Gasteiger partial charge in [0.25, 0.3) is 5.91 Å². The van der Waals surface area contributed by atoms with Gasteiger partial charge in [-0.1, -0.05) is 24.3 Å². The van der Waals surface area contributed by atoms with E-state index < -0.39 is 23.9 Å². The Balaban J connectivity index is 2.14. The maximum absolute atomic E-state index is 12.6. The molecule has 2 unspecified atom stereocenters. The minimum absolute atomic E-state index is 0.00911. The summed E-state index contributed by atoms with van der Waals surface area (Å²) in [5.41, 5.74) is 0.952. The van der Waals surface area contributed by atoms with Crippen molar-refractivity contribution < 1.29 is 28.2 Å². The van der Waals surface area contributed by atoms with Crippen molar-refractivity contribution in [1.82, 2.24) is 5.32 Å². The number of carbonyl (C=O) groups is 2. The summed E-state index contributed by atoms with van der Waals surface area (Å²) >= 11 is 1.08. The number of carbonyl (C=O) groups excluding carboxylic acids is 1. The van der Waals surface area contributed by atoms with Gasteiger partial charge in [0, 0.05) is 4.90 Å². The Morgan fingerprint density at radius 3 is 2.48 bits per heavy atom. The molecular weight excluding hydrogens is 376 g/mol. The van der Waals surface area contributed by atoms with Crippen LogP contribution < -0.4 is 10.1 Å². The van der Waals surface area contributed by atoms with Gasteiger partial charge in [-0.3, -0.25) is 9.59 Å². The van der Waals surface area contributed by atoms with Crippen molar-refractivity contribution in [3.8, 4) is 5.75 Å². The molecule has 144 valence electrons. The molecule has 0 aromatic heterocycles. The fraction of sp³-hybridized carbons (Fsp3) is 0.263. The monoisotopic (exact) mass is 395 g/mol. The van der Waals surface area contributed by atoms with Gasteiger partial charge in [0.15, 0.2) is 0 Å². The number of halogens is 2. The van der Waals surface area contributed by atoms with E-state index in [1.807, 2.05) is 0 Å². The lowest BCUT2D eigenvalue weighted by atomic mass is 10.1. The number of rotatable bonds is 8. The second-order valence-corrected chi connectivity index (χ2v) is 7.12. The van der Waals surface area contributed by atoms with Crippen molar-refractivity contribution in [3.05, 3.63) is 59.7 Å². The molecule has 8 heteroatoms. The predicted molar refractivity (Wildman–Crippen MR) is 98.4 cm³/mol. The molecule has 0 spiro atoms. The van der Waals surface area contributed by atoms with Crippen LogP contribution in [0.4, 0.5) is 8.78 Å². The van der Waals surface area contributed by atoms with Crippen LogP contribution >= 0.6 is 11.8 Å². The van der Waals surface area contributed by atoms with E-state index in [9.17, 15) is 18.4 Å². The van der Waals surface area contributed by atoms with Gasteiger partial charge in [-0.05, 0) is 43.7 Å². The van der Waals surface area contributed by atoms with Gasteiger partial charge >= 0.3 is 12.6 Å². The molecule has 0 aliphatic carbocycles.